The summed E-state index contributed by atoms with van der Waals surface area (Å²) >= 11 is 0. The lowest BCUT2D eigenvalue weighted by molar-refractivity contribution is -0.126. The SMILES string of the molecule is Cc1ccc(S(=O)(=O)N2CCC(C(=O)NCC3CCN(c4ccc(F)cc4)C3)CC2)cc1. The maximum atomic E-state index is 13.1. The third-order valence-electron chi connectivity index (χ3n) is 6.53. The quantitative estimate of drug-likeness (QED) is 0.721. The van der Waals surface area contributed by atoms with Gasteiger partial charge >= 0.3 is 0 Å². The summed E-state index contributed by atoms with van der Waals surface area (Å²) in [7, 11) is -3.52. The number of halogens is 1. The molecule has 32 heavy (non-hydrogen) atoms. The van der Waals surface area contributed by atoms with Crippen LogP contribution in [-0.4, -0.2) is 51.4 Å². The van der Waals surface area contributed by atoms with Gasteiger partial charge in [-0.25, -0.2) is 12.8 Å². The highest BCUT2D eigenvalue weighted by molar-refractivity contribution is 7.89. The normalized spacial score (nSPS) is 20.4. The molecular weight excluding hydrogens is 429 g/mol. The molecule has 6 nitrogen and oxygen atoms in total. The van der Waals surface area contributed by atoms with Crippen LogP contribution in [0, 0.1) is 24.6 Å². The number of nitrogens with zero attached hydrogens (tertiary/aromatic N) is 2. The molecule has 1 atom stereocenters. The molecule has 4 rings (SSSR count). The average Bonchev–Trinajstić information content (AvgIpc) is 3.27. The second-order valence-corrected chi connectivity index (χ2v) is 10.8. The molecule has 2 aromatic rings. The Bertz CT molecular complexity index is 1030. The zero-order valence-corrected chi connectivity index (χ0v) is 19.2. The molecule has 2 aromatic carbocycles. The van der Waals surface area contributed by atoms with Crippen LogP contribution >= 0.6 is 0 Å². The Balaban J connectivity index is 1.23. The van der Waals surface area contributed by atoms with Crippen molar-refractivity contribution >= 4 is 21.6 Å². The Morgan fingerprint density at radius 2 is 1.66 bits per heavy atom. The highest BCUT2D eigenvalue weighted by Gasteiger charge is 2.32. The van der Waals surface area contributed by atoms with E-state index in [9.17, 15) is 17.6 Å². The van der Waals surface area contributed by atoms with E-state index in [1.54, 1.807) is 36.4 Å². The lowest BCUT2D eigenvalue weighted by atomic mass is 9.97. The Morgan fingerprint density at radius 1 is 1.00 bits per heavy atom. The molecule has 2 fully saturated rings. The number of benzene rings is 2. The lowest BCUT2D eigenvalue weighted by Crippen LogP contribution is -2.43. The number of piperidine rings is 1. The molecule has 0 aromatic heterocycles. The zero-order valence-electron chi connectivity index (χ0n) is 18.3. The molecule has 1 unspecified atom stereocenters. The van der Waals surface area contributed by atoms with Crippen LogP contribution < -0.4 is 10.2 Å². The maximum Gasteiger partial charge on any atom is 0.243 e. The van der Waals surface area contributed by atoms with E-state index in [1.165, 1.54) is 16.4 Å². The van der Waals surface area contributed by atoms with Crippen molar-refractivity contribution in [1.82, 2.24) is 9.62 Å². The van der Waals surface area contributed by atoms with Gasteiger partial charge in [-0.2, -0.15) is 4.31 Å². The molecule has 8 heteroatoms. The smallest absolute Gasteiger partial charge is 0.243 e. The molecule has 0 radical (unpaired) electrons. The number of hydrogen-bond acceptors (Lipinski definition) is 4. The number of rotatable bonds is 6. The summed E-state index contributed by atoms with van der Waals surface area (Å²) in [5, 5.41) is 3.07. The van der Waals surface area contributed by atoms with Crippen LogP contribution in [0.1, 0.15) is 24.8 Å². The molecule has 2 heterocycles. The fourth-order valence-electron chi connectivity index (χ4n) is 4.49. The molecule has 0 spiro atoms. The van der Waals surface area contributed by atoms with Gasteiger partial charge in [0, 0.05) is 44.3 Å². The molecule has 0 bridgehead atoms. The van der Waals surface area contributed by atoms with Crippen LogP contribution in [0.4, 0.5) is 10.1 Å². The van der Waals surface area contributed by atoms with E-state index in [1.807, 2.05) is 6.92 Å². The van der Waals surface area contributed by atoms with Gasteiger partial charge in [-0.1, -0.05) is 17.7 Å². The second-order valence-electron chi connectivity index (χ2n) is 8.81. The lowest BCUT2D eigenvalue weighted by Gasteiger charge is -2.30. The van der Waals surface area contributed by atoms with E-state index in [-0.39, 0.29) is 17.6 Å². The van der Waals surface area contributed by atoms with E-state index in [2.05, 4.69) is 10.2 Å². The first-order chi connectivity index (χ1) is 15.3. The topological polar surface area (TPSA) is 69.7 Å². The van der Waals surface area contributed by atoms with Crippen molar-refractivity contribution in [2.75, 3.05) is 37.6 Å². The highest BCUT2D eigenvalue weighted by Crippen LogP contribution is 2.26. The zero-order chi connectivity index (χ0) is 22.7. The number of aryl methyl sites for hydroxylation is 1. The number of carbonyl (C=O) groups is 1. The van der Waals surface area contributed by atoms with E-state index >= 15 is 0 Å². The first-order valence-electron chi connectivity index (χ1n) is 11.2. The molecule has 172 valence electrons. The van der Waals surface area contributed by atoms with Crippen LogP contribution in [0.15, 0.2) is 53.4 Å². The van der Waals surface area contributed by atoms with Crippen molar-refractivity contribution in [1.29, 1.82) is 0 Å². The van der Waals surface area contributed by atoms with Crippen molar-refractivity contribution < 1.29 is 17.6 Å². The number of sulfonamides is 1. The Kier molecular flexibility index (Phi) is 6.81. The molecule has 2 aliphatic rings. The highest BCUT2D eigenvalue weighted by atomic mass is 32.2. The van der Waals surface area contributed by atoms with Gasteiger partial charge in [0.2, 0.25) is 15.9 Å². The van der Waals surface area contributed by atoms with E-state index < -0.39 is 10.0 Å². The first kappa shape index (κ1) is 22.7. The average molecular weight is 460 g/mol. The summed E-state index contributed by atoms with van der Waals surface area (Å²) in [5.74, 6) is -0.0350. The fourth-order valence-corrected chi connectivity index (χ4v) is 5.96. The van der Waals surface area contributed by atoms with E-state index in [0.717, 1.165) is 30.8 Å². The summed E-state index contributed by atoms with van der Waals surface area (Å²) in [6, 6.07) is 13.4. The van der Waals surface area contributed by atoms with Gasteiger partial charge < -0.3 is 10.2 Å². The standard InChI is InChI=1S/C24H30FN3O3S/c1-18-2-8-23(9-3-18)32(30,31)28-14-11-20(12-15-28)24(29)26-16-19-10-13-27(17-19)22-6-4-21(25)5-7-22/h2-9,19-20H,10-17H2,1H3,(H,26,29). The molecule has 0 aliphatic carbocycles. The molecule has 2 saturated heterocycles. The molecular formula is C24H30FN3O3S. The van der Waals surface area contributed by atoms with Gasteiger partial charge in [0.25, 0.3) is 0 Å². The van der Waals surface area contributed by atoms with Crippen LogP contribution in [0.3, 0.4) is 0 Å². The summed E-state index contributed by atoms with van der Waals surface area (Å²) in [4.78, 5) is 15.2. The van der Waals surface area contributed by atoms with Crippen LogP contribution in [0.5, 0.6) is 0 Å². The number of hydrogen-bond donors (Lipinski definition) is 1. The van der Waals surface area contributed by atoms with Gasteiger partial charge in [0.1, 0.15) is 5.82 Å². The van der Waals surface area contributed by atoms with Gasteiger partial charge in [0.05, 0.1) is 4.90 Å². The van der Waals surface area contributed by atoms with Crippen molar-refractivity contribution in [3.8, 4) is 0 Å². The minimum atomic E-state index is -3.52. The monoisotopic (exact) mass is 459 g/mol. The minimum absolute atomic E-state index is 0.0117. The summed E-state index contributed by atoms with van der Waals surface area (Å²) in [5.41, 5.74) is 2.02. The Labute approximate surface area is 189 Å². The summed E-state index contributed by atoms with van der Waals surface area (Å²) in [6.07, 6.45) is 2.04. The maximum absolute atomic E-state index is 13.1. The minimum Gasteiger partial charge on any atom is -0.371 e. The van der Waals surface area contributed by atoms with Crippen LogP contribution in [-0.2, 0) is 14.8 Å². The van der Waals surface area contributed by atoms with Gasteiger partial charge in [-0.3, -0.25) is 4.79 Å². The second kappa shape index (κ2) is 9.58. The first-order valence-corrected chi connectivity index (χ1v) is 12.6. The van der Waals surface area contributed by atoms with Crippen LogP contribution in [0.2, 0.25) is 0 Å². The number of nitrogens with one attached hydrogen (secondary N) is 1. The van der Waals surface area contributed by atoms with Gasteiger partial charge in [0.15, 0.2) is 0 Å². The number of carbonyl (C=O) groups excluding carboxylic acids is 1. The summed E-state index contributed by atoms with van der Waals surface area (Å²) in [6.45, 7) is 4.97. The van der Waals surface area contributed by atoms with Gasteiger partial charge in [-0.15, -0.1) is 0 Å². The number of anilines is 1. The molecule has 2 aliphatic heterocycles. The Hall–Kier alpha value is -2.45. The van der Waals surface area contributed by atoms with E-state index in [0.29, 0.717) is 43.3 Å². The Morgan fingerprint density at radius 3 is 2.31 bits per heavy atom. The van der Waals surface area contributed by atoms with Crippen molar-refractivity contribution in [2.45, 2.75) is 31.1 Å². The third kappa shape index (κ3) is 5.13. The predicted octanol–water partition coefficient (Wildman–Crippen LogP) is 3.18. The van der Waals surface area contributed by atoms with Crippen molar-refractivity contribution in [3.05, 3.63) is 59.9 Å². The molecule has 1 N–H and O–H groups in total. The third-order valence-corrected chi connectivity index (χ3v) is 8.44. The van der Waals surface area contributed by atoms with Crippen LogP contribution in [0.25, 0.3) is 0 Å². The van der Waals surface area contributed by atoms with Crippen molar-refractivity contribution in [2.24, 2.45) is 11.8 Å². The molecule has 0 saturated carbocycles. The van der Waals surface area contributed by atoms with Gasteiger partial charge in [-0.05, 0) is 68.5 Å². The largest absolute Gasteiger partial charge is 0.371 e. The predicted molar refractivity (Wildman–Crippen MR) is 122 cm³/mol. The number of amides is 1. The fraction of sp³-hybridized carbons (Fsp3) is 0.458. The van der Waals surface area contributed by atoms with E-state index in [4.69, 9.17) is 0 Å². The molecule has 1 amide bonds. The van der Waals surface area contributed by atoms with Crippen molar-refractivity contribution in [3.63, 3.8) is 0 Å². The summed E-state index contributed by atoms with van der Waals surface area (Å²) < 4.78 is 40.3.